The zero-order valence-electron chi connectivity index (χ0n) is 9.14. The molecular formula is C13H13NOS. The van der Waals surface area contributed by atoms with Crippen molar-refractivity contribution < 1.29 is 4.79 Å². The number of hydrogen-bond donors (Lipinski definition) is 0. The fraction of sp³-hybridized carbons (Fsp3) is 0.385. The maximum absolute atomic E-state index is 11.4. The first-order valence-electron chi connectivity index (χ1n) is 5.36. The van der Waals surface area contributed by atoms with Crippen LogP contribution < -0.4 is 0 Å². The molecular weight excluding hydrogens is 218 g/mol. The summed E-state index contributed by atoms with van der Waals surface area (Å²) in [5.41, 5.74) is 1.23. The molecule has 1 aromatic rings. The highest BCUT2D eigenvalue weighted by Gasteiger charge is 2.35. The second-order valence-corrected chi connectivity index (χ2v) is 5.39. The average Bonchev–Trinajstić information content (AvgIpc) is 2.63. The van der Waals surface area contributed by atoms with Crippen molar-refractivity contribution in [3.05, 3.63) is 29.8 Å². The molecule has 0 N–H and O–H groups in total. The average molecular weight is 231 g/mol. The Balaban J connectivity index is 2.08. The predicted molar refractivity (Wildman–Crippen MR) is 64.2 cm³/mol. The molecule has 1 aliphatic rings. The van der Waals surface area contributed by atoms with E-state index in [0.29, 0.717) is 6.42 Å². The van der Waals surface area contributed by atoms with E-state index in [-0.39, 0.29) is 11.0 Å². The van der Waals surface area contributed by atoms with Gasteiger partial charge in [-0.05, 0) is 25.5 Å². The number of rotatable bonds is 2. The highest BCUT2D eigenvalue weighted by atomic mass is 32.2. The van der Waals surface area contributed by atoms with E-state index >= 15 is 0 Å². The number of carbonyl (C=O) groups excluding carboxylic acids is 1. The van der Waals surface area contributed by atoms with Gasteiger partial charge in [-0.3, -0.25) is 4.79 Å². The molecule has 0 saturated heterocycles. The van der Waals surface area contributed by atoms with Crippen molar-refractivity contribution in [2.45, 2.75) is 29.9 Å². The van der Waals surface area contributed by atoms with Crippen molar-refractivity contribution in [1.82, 2.24) is 0 Å². The van der Waals surface area contributed by atoms with Crippen LogP contribution in [0.1, 0.15) is 18.4 Å². The predicted octanol–water partition coefficient (Wildman–Crippen LogP) is 2.96. The second kappa shape index (κ2) is 4.71. The van der Waals surface area contributed by atoms with E-state index in [9.17, 15) is 4.79 Å². The zero-order valence-corrected chi connectivity index (χ0v) is 9.96. The lowest BCUT2D eigenvalue weighted by atomic mass is 10.1. The fourth-order valence-electron chi connectivity index (χ4n) is 1.89. The number of carbonyl (C=O) groups is 1. The number of thioether (sulfide) groups is 1. The van der Waals surface area contributed by atoms with Gasteiger partial charge in [0.15, 0.2) is 5.78 Å². The second-order valence-electron chi connectivity index (χ2n) is 4.08. The number of benzene rings is 1. The Morgan fingerprint density at radius 2 is 2.06 bits per heavy atom. The van der Waals surface area contributed by atoms with Gasteiger partial charge >= 0.3 is 0 Å². The smallest absolute Gasteiger partial charge is 0.151 e. The van der Waals surface area contributed by atoms with Gasteiger partial charge in [-0.2, -0.15) is 5.26 Å². The Kier molecular flexibility index (Phi) is 3.31. The van der Waals surface area contributed by atoms with Crippen molar-refractivity contribution in [1.29, 1.82) is 5.26 Å². The molecule has 3 heteroatoms. The molecule has 1 aliphatic carbocycles. The molecule has 0 bridgehead atoms. The van der Waals surface area contributed by atoms with E-state index in [2.05, 4.69) is 30.3 Å². The summed E-state index contributed by atoms with van der Waals surface area (Å²) < 4.78 is 0. The summed E-state index contributed by atoms with van der Waals surface area (Å²) in [5, 5.41) is 9.08. The van der Waals surface area contributed by atoms with E-state index in [1.807, 2.05) is 6.92 Å². The van der Waals surface area contributed by atoms with Gasteiger partial charge in [0.25, 0.3) is 0 Å². The highest BCUT2D eigenvalue weighted by Crippen LogP contribution is 2.36. The molecule has 2 atom stereocenters. The summed E-state index contributed by atoms with van der Waals surface area (Å²) in [6.45, 7) is 2.05. The minimum absolute atomic E-state index is 0.104. The van der Waals surface area contributed by atoms with Crippen LogP contribution in [0.3, 0.4) is 0 Å². The van der Waals surface area contributed by atoms with E-state index in [1.165, 1.54) is 5.56 Å². The Morgan fingerprint density at radius 3 is 2.69 bits per heavy atom. The van der Waals surface area contributed by atoms with E-state index in [4.69, 9.17) is 5.26 Å². The van der Waals surface area contributed by atoms with Gasteiger partial charge in [0.1, 0.15) is 5.92 Å². The zero-order chi connectivity index (χ0) is 11.5. The molecule has 1 saturated carbocycles. The van der Waals surface area contributed by atoms with Gasteiger partial charge in [0, 0.05) is 16.6 Å². The summed E-state index contributed by atoms with van der Waals surface area (Å²) in [6, 6.07) is 10.3. The monoisotopic (exact) mass is 231 g/mol. The fourth-order valence-corrected chi connectivity index (χ4v) is 3.11. The van der Waals surface area contributed by atoms with Crippen LogP contribution in [0.4, 0.5) is 0 Å². The third kappa shape index (κ3) is 2.28. The van der Waals surface area contributed by atoms with Crippen LogP contribution in [-0.4, -0.2) is 11.0 Å². The first kappa shape index (κ1) is 11.2. The van der Waals surface area contributed by atoms with Gasteiger partial charge in [0.05, 0.1) is 6.07 Å². The lowest BCUT2D eigenvalue weighted by molar-refractivity contribution is -0.119. The molecule has 82 valence electrons. The number of hydrogen-bond acceptors (Lipinski definition) is 3. The van der Waals surface area contributed by atoms with Gasteiger partial charge in [-0.25, -0.2) is 0 Å². The Bertz CT molecular complexity index is 432. The van der Waals surface area contributed by atoms with Crippen LogP contribution in [0.15, 0.2) is 29.2 Å². The molecule has 0 spiro atoms. The van der Waals surface area contributed by atoms with Crippen LogP contribution in [-0.2, 0) is 4.79 Å². The molecule has 2 rings (SSSR count). The van der Waals surface area contributed by atoms with Crippen LogP contribution in [0.5, 0.6) is 0 Å². The third-order valence-corrected chi connectivity index (χ3v) is 4.20. The summed E-state index contributed by atoms with van der Waals surface area (Å²) in [4.78, 5) is 12.6. The molecule has 2 nitrogen and oxygen atoms in total. The third-order valence-electron chi connectivity index (χ3n) is 2.84. The molecule has 0 aliphatic heterocycles. The molecule has 0 aromatic heterocycles. The van der Waals surface area contributed by atoms with E-state index in [0.717, 1.165) is 11.3 Å². The van der Waals surface area contributed by atoms with Crippen molar-refractivity contribution in [3.63, 3.8) is 0 Å². The van der Waals surface area contributed by atoms with Crippen molar-refractivity contribution in [3.8, 4) is 6.07 Å². The maximum Gasteiger partial charge on any atom is 0.151 e. The maximum atomic E-state index is 11.4. The molecule has 1 aromatic carbocycles. The van der Waals surface area contributed by atoms with Crippen molar-refractivity contribution in [2.75, 3.05) is 0 Å². The van der Waals surface area contributed by atoms with Crippen LogP contribution in [0.2, 0.25) is 0 Å². The van der Waals surface area contributed by atoms with Gasteiger partial charge in [-0.1, -0.05) is 17.7 Å². The minimum atomic E-state index is -0.411. The Labute approximate surface area is 99.7 Å². The number of nitriles is 1. The largest absolute Gasteiger partial charge is 0.298 e. The van der Waals surface area contributed by atoms with Gasteiger partial charge in [0.2, 0.25) is 0 Å². The first-order chi connectivity index (χ1) is 7.70. The van der Waals surface area contributed by atoms with Crippen LogP contribution in [0, 0.1) is 24.2 Å². The van der Waals surface area contributed by atoms with Gasteiger partial charge < -0.3 is 0 Å². The van der Waals surface area contributed by atoms with Crippen LogP contribution >= 0.6 is 11.8 Å². The van der Waals surface area contributed by atoms with Crippen LogP contribution in [0.25, 0.3) is 0 Å². The lowest BCUT2D eigenvalue weighted by Gasteiger charge is -2.11. The molecule has 0 unspecified atom stereocenters. The highest BCUT2D eigenvalue weighted by molar-refractivity contribution is 8.00. The number of aryl methyl sites for hydroxylation is 1. The number of ketones is 1. The topological polar surface area (TPSA) is 40.9 Å². The summed E-state index contributed by atoms with van der Waals surface area (Å²) in [7, 11) is 0. The summed E-state index contributed by atoms with van der Waals surface area (Å²) in [6.07, 6.45) is 1.39. The SMILES string of the molecule is Cc1ccc(S[C@@H]2CCC(=O)[C@H]2C#N)cc1. The lowest BCUT2D eigenvalue weighted by Crippen LogP contribution is -2.13. The molecule has 0 amide bonds. The molecule has 0 heterocycles. The normalized spacial score (nSPS) is 24.4. The quantitative estimate of drug-likeness (QED) is 0.785. The summed E-state index contributed by atoms with van der Waals surface area (Å²) in [5.74, 6) is -0.307. The van der Waals surface area contributed by atoms with Gasteiger partial charge in [-0.15, -0.1) is 11.8 Å². The Hall–Kier alpha value is -1.27. The summed E-state index contributed by atoms with van der Waals surface area (Å²) >= 11 is 1.65. The van der Waals surface area contributed by atoms with E-state index < -0.39 is 5.92 Å². The molecule has 16 heavy (non-hydrogen) atoms. The standard InChI is InChI=1S/C13H13NOS/c1-9-2-4-10(5-3-9)16-13-7-6-12(15)11(13)8-14/h2-5,11,13H,6-7H2,1H3/t11-,13-/m1/s1. The van der Waals surface area contributed by atoms with Crippen molar-refractivity contribution in [2.24, 2.45) is 5.92 Å². The molecule has 1 fully saturated rings. The van der Waals surface area contributed by atoms with Crippen molar-refractivity contribution >= 4 is 17.5 Å². The molecule has 0 radical (unpaired) electrons. The Morgan fingerprint density at radius 1 is 1.38 bits per heavy atom. The number of Topliss-reactive ketones (excluding diaryl/α,β-unsaturated/α-hetero) is 1. The number of nitrogens with zero attached hydrogens (tertiary/aromatic N) is 1. The first-order valence-corrected chi connectivity index (χ1v) is 6.24. The van der Waals surface area contributed by atoms with E-state index in [1.54, 1.807) is 11.8 Å². The minimum Gasteiger partial charge on any atom is -0.298 e.